The highest BCUT2D eigenvalue weighted by Crippen LogP contribution is 2.19. The van der Waals surface area contributed by atoms with Crippen molar-refractivity contribution in [2.24, 2.45) is 5.92 Å². The van der Waals surface area contributed by atoms with Crippen LogP contribution in [0.25, 0.3) is 0 Å². The average molecular weight is 429 g/mol. The fourth-order valence-corrected chi connectivity index (χ4v) is 4.21. The molecule has 2 amide bonds. The Morgan fingerprint density at radius 3 is 2.30 bits per heavy atom. The van der Waals surface area contributed by atoms with Crippen LogP contribution in [0.5, 0.6) is 0 Å². The van der Waals surface area contributed by atoms with Gasteiger partial charge in [0.05, 0.1) is 13.1 Å². The number of amides is 2. The van der Waals surface area contributed by atoms with Gasteiger partial charge < -0.3 is 9.80 Å². The summed E-state index contributed by atoms with van der Waals surface area (Å²) >= 11 is 1.72. The Bertz CT molecular complexity index is 787. The number of carbonyl (C=O) groups excluding carboxylic acids is 2. The monoisotopic (exact) mass is 428 g/mol. The lowest BCUT2D eigenvalue weighted by Gasteiger charge is -2.29. The first-order valence-corrected chi connectivity index (χ1v) is 11.9. The van der Waals surface area contributed by atoms with Gasteiger partial charge in [-0.3, -0.25) is 9.59 Å². The van der Waals surface area contributed by atoms with E-state index < -0.39 is 0 Å². The van der Waals surface area contributed by atoms with Crippen molar-refractivity contribution >= 4 is 23.2 Å². The molecule has 2 rings (SSSR count). The molecule has 0 radical (unpaired) electrons. The highest BCUT2D eigenvalue weighted by Gasteiger charge is 2.23. The van der Waals surface area contributed by atoms with Gasteiger partial charge in [-0.25, -0.2) is 0 Å². The van der Waals surface area contributed by atoms with E-state index in [-0.39, 0.29) is 18.4 Å². The number of hydrogen-bond donors (Lipinski definition) is 0. The van der Waals surface area contributed by atoms with Crippen LogP contribution in [-0.4, -0.2) is 34.7 Å². The molecule has 1 aromatic carbocycles. The topological polar surface area (TPSA) is 40.6 Å². The van der Waals surface area contributed by atoms with E-state index in [0.29, 0.717) is 32.0 Å². The van der Waals surface area contributed by atoms with Crippen molar-refractivity contribution in [3.05, 3.63) is 57.8 Å². The number of carbonyl (C=O) groups is 2. The van der Waals surface area contributed by atoms with Crippen molar-refractivity contribution in [2.45, 2.75) is 66.5 Å². The van der Waals surface area contributed by atoms with E-state index in [9.17, 15) is 9.59 Å². The predicted molar refractivity (Wildman–Crippen MR) is 125 cm³/mol. The third-order valence-electron chi connectivity index (χ3n) is 5.36. The van der Waals surface area contributed by atoms with Crippen LogP contribution in [-0.2, 0) is 22.7 Å². The van der Waals surface area contributed by atoms with Gasteiger partial charge in [-0.05, 0) is 37.0 Å². The van der Waals surface area contributed by atoms with Crippen molar-refractivity contribution in [2.75, 3.05) is 13.1 Å². The van der Waals surface area contributed by atoms with Crippen molar-refractivity contribution in [1.82, 2.24) is 9.80 Å². The van der Waals surface area contributed by atoms with Gasteiger partial charge in [0, 0.05) is 29.3 Å². The number of aryl methyl sites for hydroxylation is 1. The summed E-state index contributed by atoms with van der Waals surface area (Å²) in [4.78, 5) is 32.2. The summed E-state index contributed by atoms with van der Waals surface area (Å²) in [7, 11) is 0. The maximum Gasteiger partial charge on any atom is 0.242 e. The standard InChI is InChI=1S/C25H36N2O2S/c1-5-7-13-24(28)26(16-20(3)6-2)19-25(29)27(17-22-11-9-8-10-12-22)18-23-15-14-21(4)30-23/h8-12,14-15,20H,5-7,13,16-19H2,1-4H3. The Labute approximate surface area is 185 Å². The molecule has 30 heavy (non-hydrogen) atoms. The van der Waals surface area contributed by atoms with Crippen LogP contribution in [0.15, 0.2) is 42.5 Å². The second kappa shape index (κ2) is 12.5. The van der Waals surface area contributed by atoms with Crippen molar-refractivity contribution in [1.29, 1.82) is 0 Å². The van der Waals surface area contributed by atoms with Crippen LogP contribution in [0.3, 0.4) is 0 Å². The molecule has 1 atom stereocenters. The normalized spacial score (nSPS) is 11.9. The maximum atomic E-state index is 13.4. The molecule has 0 saturated heterocycles. The third-order valence-corrected chi connectivity index (χ3v) is 6.35. The van der Waals surface area contributed by atoms with Crippen molar-refractivity contribution < 1.29 is 9.59 Å². The summed E-state index contributed by atoms with van der Waals surface area (Å²) in [6.45, 7) is 10.4. The second-order valence-electron chi connectivity index (χ2n) is 8.14. The first-order valence-electron chi connectivity index (χ1n) is 11.1. The molecule has 0 aliphatic rings. The van der Waals surface area contributed by atoms with Gasteiger partial charge in [0.25, 0.3) is 0 Å². The van der Waals surface area contributed by atoms with E-state index in [2.05, 4.69) is 39.8 Å². The molecule has 4 nitrogen and oxygen atoms in total. The maximum absolute atomic E-state index is 13.4. The molecule has 1 aromatic heterocycles. The van der Waals surface area contributed by atoms with Crippen LogP contribution < -0.4 is 0 Å². The molecule has 164 valence electrons. The minimum atomic E-state index is 0.0121. The molecule has 5 heteroatoms. The Morgan fingerprint density at radius 1 is 0.967 bits per heavy atom. The van der Waals surface area contributed by atoms with Crippen molar-refractivity contribution in [3.63, 3.8) is 0 Å². The molecule has 0 aliphatic carbocycles. The van der Waals surface area contributed by atoms with E-state index >= 15 is 0 Å². The highest BCUT2D eigenvalue weighted by molar-refractivity contribution is 7.11. The van der Waals surface area contributed by atoms with E-state index in [1.807, 2.05) is 35.2 Å². The number of rotatable bonds is 12. The quantitative estimate of drug-likeness (QED) is 0.438. The Hall–Kier alpha value is -2.14. The molecule has 1 unspecified atom stereocenters. The zero-order valence-corrected chi connectivity index (χ0v) is 19.7. The van der Waals surface area contributed by atoms with E-state index in [1.54, 1.807) is 16.2 Å². The van der Waals surface area contributed by atoms with E-state index in [4.69, 9.17) is 0 Å². The Morgan fingerprint density at radius 2 is 1.70 bits per heavy atom. The number of benzene rings is 1. The van der Waals surface area contributed by atoms with E-state index in [0.717, 1.165) is 24.8 Å². The fraction of sp³-hybridized carbons (Fsp3) is 0.520. The predicted octanol–water partition coefficient (Wildman–Crippen LogP) is 5.65. The molecule has 2 aromatic rings. The van der Waals surface area contributed by atoms with Gasteiger partial charge in [-0.2, -0.15) is 0 Å². The molecular weight excluding hydrogens is 392 g/mol. The Balaban J connectivity index is 2.16. The van der Waals surface area contributed by atoms with Crippen molar-refractivity contribution in [3.8, 4) is 0 Å². The molecule has 0 spiro atoms. The molecule has 0 bridgehead atoms. The SMILES string of the molecule is CCCCC(=O)N(CC(=O)N(Cc1ccccc1)Cc1ccc(C)s1)CC(C)CC. The third kappa shape index (κ3) is 7.94. The molecule has 1 heterocycles. The van der Waals surface area contributed by atoms with Gasteiger partial charge in [0.15, 0.2) is 0 Å². The first kappa shape index (κ1) is 24.1. The second-order valence-corrected chi connectivity index (χ2v) is 9.51. The van der Waals surface area contributed by atoms with Crippen LogP contribution in [0, 0.1) is 12.8 Å². The summed E-state index contributed by atoms with van der Waals surface area (Å²) in [5, 5.41) is 0. The minimum Gasteiger partial charge on any atom is -0.333 e. The molecule has 0 fully saturated rings. The number of nitrogens with zero attached hydrogens (tertiary/aromatic N) is 2. The Kier molecular flexibility index (Phi) is 10.1. The lowest BCUT2D eigenvalue weighted by molar-refractivity contribution is -0.141. The highest BCUT2D eigenvalue weighted by atomic mass is 32.1. The van der Waals surface area contributed by atoms with Gasteiger partial charge in [0.1, 0.15) is 0 Å². The fourth-order valence-electron chi connectivity index (χ4n) is 3.30. The number of hydrogen-bond acceptors (Lipinski definition) is 3. The number of unbranched alkanes of at least 4 members (excludes halogenated alkanes) is 1. The smallest absolute Gasteiger partial charge is 0.242 e. The van der Waals surface area contributed by atoms with E-state index in [1.165, 1.54) is 9.75 Å². The lowest BCUT2D eigenvalue weighted by atomic mass is 10.1. The zero-order valence-electron chi connectivity index (χ0n) is 18.9. The van der Waals surface area contributed by atoms with Crippen LogP contribution in [0.1, 0.15) is 61.8 Å². The van der Waals surface area contributed by atoms with Crippen LogP contribution in [0.2, 0.25) is 0 Å². The van der Waals surface area contributed by atoms with Gasteiger partial charge in [-0.15, -0.1) is 11.3 Å². The van der Waals surface area contributed by atoms with Gasteiger partial charge in [0.2, 0.25) is 11.8 Å². The average Bonchev–Trinajstić information content (AvgIpc) is 3.16. The van der Waals surface area contributed by atoms with Crippen LogP contribution >= 0.6 is 11.3 Å². The molecule has 0 aliphatic heterocycles. The zero-order chi connectivity index (χ0) is 21.9. The molecule has 0 N–H and O–H groups in total. The molecular formula is C25H36N2O2S. The van der Waals surface area contributed by atoms with Gasteiger partial charge >= 0.3 is 0 Å². The summed E-state index contributed by atoms with van der Waals surface area (Å²) in [6, 6.07) is 14.3. The summed E-state index contributed by atoms with van der Waals surface area (Å²) in [6.07, 6.45) is 3.36. The molecule has 0 saturated carbocycles. The summed E-state index contributed by atoms with van der Waals surface area (Å²) in [5.74, 6) is 0.487. The summed E-state index contributed by atoms with van der Waals surface area (Å²) < 4.78 is 0. The van der Waals surface area contributed by atoms with Crippen LogP contribution in [0.4, 0.5) is 0 Å². The summed E-state index contributed by atoms with van der Waals surface area (Å²) in [5.41, 5.74) is 1.10. The largest absolute Gasteiger partial charge is 0.333 e. The van der Waals surface area contributed by atoms with Gasteiger partial charge in [-0.1, -0.05) is 63.9 Å². The lowest BCUT2D eigenvalue weighted by Crippen LogP contribution is -2.44. The first-order chi connectivity index (χ1) is 14.4. The minimum absolute atomic E-state index is 0.0121. The number of thiophene rings is 1.